The molecule has 0 bridgehead atoms. The van der Waals surface area contributed by atoms with Crippen LogP contribution >= 0.6 is 35.0 Å². The first kappa shape index (κ1) is 20.5. The van der Waals surface area contributed by atoms with E-state index in [9.17, 15) is 8.42 Å². The number of thioether (sulfide) groups is 1. The predicted molar refractivity (Wildman–Crippen MR) is 118 cm³/mol. The van der Waals surface area contributed by atoms with Gasteiger partial charge in [-0.15, -0.1) is 0 Å². The van der Waals surface area contributed by atoms with Gasteiger partial charge < -0.3 is 21.3 Å². The minimum absolute atomic E-state index is 0.0217. The molecule has 8 nitrogen and oxygen atoms in total. The number of para-hydroxylation sites is 1. The molecule has 2 aliphatic heterocycles. The largest absolute Gasteiger partial charge is 0.311 e. The maximum absolute atomic E-state index is 11.7. The first-order valence-electron chi connectivity index (χ1n) is 8.32. The second kappa shape index (κ2) is 7.46. The van der Waals surface area contributed by atoms with Gasteiger partial charge in [-0.1, -0.05) is 41.0 Å². The van der Waals surface area contributed by atoms with Gasteiger partial charge in [0.1, 0.15) is 16.7 Å². The zero-order chi connectivity index (χ0) is 20.9. The smallest absolute Gasteiger partial charge is 0.192 e. The first-order valence-corrected chi connectivity index (χ1v) is 11.8. The van der Waals surface area contributed by atoms with Crippen molar-refractivity contribution in [2.24, 2.45) is 16.5 Å². The second-order valence-corrected chi connectivity index (χ2v) is 10.2. The maximum atomic E-state index is 11.7. The molecule has 2 atom stereocenters. The van der Waals surface area contributed by atoms with E-state index >= 15 is 0 Å². The molecular formula is C17H16Cl2N6O2S2. The normalized spacial score (nSPS) is 21.7. The third kappa shape index (κ3) is 3.60. The van der Waals surface area contributed by atoms with Crippen molar-refractivity contribution in [1.29, 1.82) is 0 Å². The van der Waals surface area contributed by atoms with Gasteiger partial charge >= 0.3 is 0 Å². The molecule has 1 aromatic carbocycles. The van der Waals surface area contributed by atoms with E-state index in [0.29, 0.717) is 32.1 Å². The van der Waals surface area contributed by atoms with Crippen molar-refractivity contribution in [2.45, 2.75) is 16.7 Å². The maximum Gasteiger partial charge on any atom is 0.192 e. The van der Waals surface area contributed by atoms with Crippen molar-refractivity contribution < 1.29 is 8.42 Å². The number of halogens is 2. The number of pyridine rings is 1. The van der Waals surface area contributed by atoms with E-state index in [4.69, 9.17) is 34.7 Å². The summed E-state index contributed by atoms with van der Waals surface area (Å²) in [5, 5.41) is 1.52. The molecular weight excluding hydrogens is 455 g/mol. The Balaban J connectivity index is 1.72. The van der Waals surface area contributed by atoms with Gasteiger partial charge in [-0.25, -0.2) is 18.4 Å². The molecule has 2 aliphatic rings. The minimum atomic E-state index is -3.40. The molecule has 4 rings (SSSR count). The highest BCUT2D eigenvalue weighted by Crippen LogP contribution is 2.47. The Morgan fingerprint density at radius 2 is 1.83 bits per heavy atom. The van der Waals surface area contributed by atoms with Crippen molar-refractivity contribution >= 4 is 62.5 Å². The van der Waals surface area contributed by atoms with Gasteiger partial charge in [0, 0.05) is 6.26 Å². The fraction of sp³-hybridized carbons (Fsp3) is 0.176. The van der Waals surface area contributed by atoms with E-state index in [1.54, 1.807) is 40.4 Å². The van der Waals surface area contributed by atoms with Crippen LogP contribution in [0.5, 0.6) is 0 Å². The summed E-state index contributed by atoms with van der Waals surface area (Å²) in [5.41, 5.74) is 14.1. The quantitative estimate of drug-likeness (QED) is 0.702. The highest BCUT2D eigenvalue weighted by molar-refractivity contribution is 8.04. The monoisotopic (exact) mass is 470 g/mol. The molecule has 29 heavy (non-hydrogen) atoms. The number of nitrogens with two attached hydrogens (primary N) is 2. The molecule has 0 spiro atoms. The van der Waals surface area contributed by atoms with Crippen molar-refractivity contribution in [3.8, 4) is 0 Å². The van der Waals surface area contributed by atoms with Gasteiger partial charge in [0.15, 0.2) is 14.9 Å². The lowest BCUT2D eigenvalue weighted by atomic mass is 10.2. The van der Waals surface area contributed by atoms with E-state index in [1.165, 1.54) is 24.0 Å². The molecule has 0 fully saturated rings. The topological polar surface area (TPSA) is 118 Å². The summed E-state index contributed by atoms with van der Waals surface area (Å²) in [6.07, 6.45) is 3.44. The van der Waals surface area contributed by atoms with Gasteiger partial charge in [0.2, 0.25) is 0 Å². The molecule has 0 saturated carbocycles. The molecule has 12 heteroatoms. The van der Waals surface area contributed by atoms with Crippen LogP contribution in [0.2, 0.25) is 10.0 Å². The van der Waals surface area contributed by atoms with Crippen LogP contribution in [-0.4, -0.2) is 37.7 Å². The number of benzene rings is 1. The molecule has 2 aromatic rings. The number of hydrogen-bond acceptors (Lipinski definition) is 9. The lowest BCUT2D eigenvalue weighted by Gasteiger charge is -2.36. The third-order valence-electron chi connectivity index (χ3n) is 4.42. The summed E-state index contributed by atoms with van der Waals surface area (Å²) in [4.78, 5) is 11.9. The SMILES string of the molecule is CS(=O)(=O)c1ccc(N2C=NC3=C(C2N)N(c2c(Cl)cccc2Cl)C(N)S3)cn1. The Kier molecular flexibility index (Phi) is 5.26. The molecule has 0 radical (unpaired) electrons. The Labute approximate surface area is 182 Å². The molecule has 0 aliphatic carbocycles. The van der Waals surface area contributed by atoms with Crippen molar-refractivity contribution in [3.63, 3.8) is 0 Å². The van der Waals surface area contributed by atoms with Gasteiger partial charge in [0.25, 0.3) is 0 Å². The summed E-state index contributed by atoms with van der Waals surface area (Å²) in [6, 6.07) is 8.24. The zero-order valence-corrected chi connectivity index (χ0v) is 18.2. The van der Waals surface area contributed by atoms with Gasteiger partial charge in [-0.3, -0.25) is 0 Å². The molecule has 0 amide bonds. The number of sulfone groups is 1. The molecule has 4 N–H and O–H groups in total. The summed E-state index contributed by atoms with van der Waals surface area (Å²) in [6.45, 7) is 0. The van der Waals surface area contributed by atoms with Crippen molar-refractivity contribution in [3.05, 3.63) is 57.3 Å². The Bertz CT molecular complexity index is 1120. The summed E-state index contributed by atoms with van der Waals surface area (Å²) >= 11 is 14.1. The van der Waals surface area contributed by atoms with Crippen LogP contribution in [0.1, 0.15) is 0 Å². The van der Waals surface area contributed by atoms with E-state index < -0.39 is 21.5 Å². The van der Waals surface area contributed by atoms with Crippen LogP contribution in [0, 0.1) is 0 Å². The van der Waals surface area contributed by atoms with Crippen LogP contribution in [0.4, 0.5) is 11.4 Å². The number of aromatic nitrogens is 1. The van der Waals surface area contributed by atoms with E-state index in [-0.39, 0.29) is 5.03 Å². The number of hydrogen-bond donors (Lipinski definition) is 2. The third-order valence-corrected chi connectivity index (χ3v) is 7.02. The van der Waals surface area contributed by atoms with E-state index in [2.05, 4.69) is 9.98 Å². The minimum Gasteiger partial charge on any atom is -0.311 e. The predicted octanol–water partition coefficient (Wildman–Crippen LogP) is 2.59. The standard InChI is InChI=1S/C17H16Cl2N6O2S2/c1-29(26,27)12-6-5-9(7-22-12)24-8-23-16-14(15(24)20)25(17(21)28-16)13-10(18)3-2-4-11(13)19/h2-8,15,17H,20-21H2,1H3. The number of rotatable bonds is 3. The van der Waals surface area contributed by atoms with Gasteiger partial charge in [-0.2, -0.15) is 0 Å². The Morgan fingerprint density at radius 3 is 2.41 bits per heavy atom. The number of aliphatic imine (C=N–C) groups is 1. The van der Waals surface area contributed by atoms with Crippen molar-refractivity contribution in [2.75, 3.05) is 16.1 Å². The number of nitrogens with zero attached hydrogens (tertiary/aromatic N) is 4. The summed E-state index contributed by atoms with van der Waals surface area (Å²) < 4.78 is 23.3. The van der Waals surface area contributed by atoms with E-state index in [0.717, 1.165) is 6.26 Å². The van der Waals surface area contributed by atoms with Crippen LogP contribution < -0.4 is 21.3 Å². The highest BCUT2D eigenvalue weighted by atomic mass is 35.5. The second-order valence-electron chi connectivity index (χ2n) is 6.36. The summed E-state index contributed by atoms with van der Waals surface area (Å²) in [7, 11) is -3.40. The highest BCUT2D eigenvalue weighted by Gasteiger charge is 2.40. The molecule has 152 valence electrons. The number of anilines is 2. The summed E-state index contributed by atoms with van der Waals surface area (Å²) in [5.74, 6) is 0. The van der Waals surface area contributed by atoms with Crippen LogP contribution in [-0.2, 0) is 9.84 Å². The average molecular weight is 471 g/mol. The van der Waals surface area contributed by atoms with Crippen LogP contribution in [0.15, 0.2) is 57.3 Å². The lowest BCUT2D eigenvalue weighted by molar-refractivity contribution is 0.598. The average Bonchev–Trinajstić information content (AvgIpc) is 2.98. The van der Waals surface area contributed by atoms with Crippen LogP contribution in [0.3, 0.4) is 0 Å². The Morgan fingerprint density at radius 1 is 1.14 bits per heavy atom. The fourth-order valence-corrected chi connectivity index (χ4v) is 5.23. The first-order chi connectivity index (χ1) is 13.7. The lowest BCUT2D eigenvalue weighted by Crippen LogP contribution is -2.50. The van der Waals surface area contributed by atoms with Crippen LogP contribution in [0.25, 0.3) is 0 Å². The zero-order valence-electron chi connectivity index (χ0n) is 15.0. The molecule has 1 aromatic heterocycles. The van der Waals surface area contributed by atoms with Gasteiger partial charge in [0.05, 0.1) is 39.7 Å². The fourth-order valence-electron chi connectivity index (χ4n) is 3.09. The van der Waals surface area contributed by atoms with Gasteiger partial charge in [-0.05, 0) is 24.3 Å². The van der Waals surface area contributed by atoms with E-state index in [1.807, 2.05) is 0 Å². The molecule has 0 saturated heterocycles. The molecule has 3 heterocycles. The van der Waals surface area contributed by atoms with Crippen molar-refractivity contribution in [1.82, 2.24) is 4.98 Å². The Hall–Kier alpha value is -1.82. The molecule has 2 unspecified atom stereocenters.